The quantitative estimate of drug-likeness (QED) is 0.757. The summed E-state index contributed by atoms with van der Waals surface area (Å²) in [6.07, 6.45) is 2.09. The van der Waals surface area contributed by atoms with Crippen LogP contribution in [0, 0.1) is 0 Å². The van der Waals surface area contributed by atoms with Gasteiger partial charge in [-0.2, -0.15) is 0 Å². The maximum absolute atomic E-state index is 10.4. The Bertz CT molecular complexity index is 315. The topological polar surface area (TPSA) is 72.3 Å². The standard InChI is InChI=1S/C9H12N2O3/c1-2-3-14-8-4-7(5-9(12)13)10-6-11-8/h4,6H,2-3,5H2,1H3,(H,12,13). The molecule has 5 nitrogen and oxygen atoms in total. The second kappa shape index (κ2) is 5.16. The minimum atomic E-state index is -0.912. The third kappa shape index (κ3) is 3.38. The lowest BCUT2D eigenvalue weighted by atomic mass is 10.3. The van der Waals surface area contributed by atoms with Crippen molar-refractivity contribution in [2.24, 2.45) is 0 Å². The van der Waals surface area contributed by atoms with Gasteiger partial charge in [0, 0.05) is 6.07 Å². The average Bonchev–Trinajstić information content (AvgIpc) is 2.14. The first-order valence-electron chi connectivity index (χ1n) is 4.38. The summed E-state index contributed by atoms with van der Waals surface area (Å²) in [4.78, 5) is 18.1. The van der Waals surface area contributed by atoms with Gasteiger partial charge in [0.15, 0.2) is 0 Å². The first-order chi connectivity index (χ1) is 6.72. The van der Waals surface area contributed by atoms with E-state index in [2.05, 4.69) is 9.97 Å². The first kappa shape index (κ1) is 10.4. The van der Waals surface area contributed by atoms with Crippen LogP contribution in [-0.2, 0) is 11.2 Å². The van der Waals surface area contributed by atoms with Gasteiger partial charge in [-0.1, -0.05) is 6.92 Å². The van der Waals surface area contributed by atoms with Gasteiger partial charge < -0.3 is 9.84 Å². The lowest BCUT2D eigenvalue weighted by molar-refractivity contribution is -0.136. The van der Waals surface area contributed by atoms with Gasteiger partial charge in [0.25, 0.3) is 0 Å². The normalized spacial score (nSPS) is 9.79. The fourth-order valence-electron chi connectivity index (χ4n) is 0.914. The fraction of sp³-hybridized carbons (Fsp3) is 0.444. The van der Waals surface area contributed by atoms with Crippen LogP contribution in [-0.4, -0.2) is 27.7 Å². The van der Waals surface area contributed by atoms with Crippen LogP contribution in [0.5, 0.6) is 5.88 Å². The van der Waals surface area contributed by atoms with E-state index in [-0.39, 0.29) is 6.42 Å². The van der Waals surface area contributed by atoms with Crippen LogP contribution < -0.4 is 4.74 Å². The summed E-state index contributed by atoms with van der Waals surface area (Å²) < 4.78 is 5.23. The van der Waals surface area contributed by atoms with E-state index in [9.17, 15) is 4.79 Å². The van der Waals surface area contributed by atoms with Gasteiger partial charge in [-0.25, -0.2) is 9.97 Å². The Morgan fingerprint density at radius 3 is 3.00 bits per heavy atom. The number of aliphatic carboxylic acids is 1. The highest BCUT2D eigenvalue weighted by Gasteiger charge is 2.03. The summed E-state index contributed by atoms with van der Waals surface area (Å²) in [5.74, 6) is -0.483. The van der Waals surface area contributed by atoms with Crippen molar-refractivity contribution in [3.63, 3.8) is 0 Å². The van der Waals surface area contributed by atoms with E-state index >= 15 is 0 Å². The van der Waals surface area contributed by atoms with Gasteiger partial charge >= 0.3 is 5.97 Å². The molecule has 1 aromatic heterocycles. The number of carboxylic acids is 1. The number of carboxylic acid groups (broad SMARTS) is 1. The number of hydrogen-bond donors (Lipinski definition) is 1. The third-order valence-electron chi connectivity index (χ3n) is 1.49. The predicted molar refractivity (Wildman–Crippen MR) is 49.2 cm³/mol. The van der Waals surface area contributed by atoms with Gasteiger partial charge in [0.05, 0.1) is 18.7 Å². The summed E-state index contributed by atoms with van der Waals surface area (Å²) in [6.45, 7) is 2.56. The molecule has 0 aliphatic rings. The van der Waals surface area contributed by atoms with Crippen molar-refractivity contribution in [3.05, 3.63) is 18.1 Å². The number of nitrogens with zero attached hydrogens (tertiary/aromatic N) is 2. The molecule has 0 unspecified atom stereocenters. The third-order valence-corrected chi connectivity index (χ3v) is 1.49. The Hall–Kier alpha value is -1.65. The van der Waals surface area contributed by atoms with Crippen molar-refractivity contribution < 1.29 is 14.6 Å². The SMILES string of the molecule is CCCOc1cc(CC(=O)O)ncn1. The molecule has 0 bridgehead atoms. The van der Waals surface area contributed by atoms with E-state index in [0.29, 0.717) is 18.2 Å². The molecule has 0 saturated carbocycles. The molecule has 0 aliphatic heterocycles. The molecule has 0 radical (unpaired) electrons. The highest BCUT2D eigenvalue weighted by Crippen LogP contribution is 2.07. The molecular weight excluding hydrogens is 184 g/mol. The largest absolute Gasteiger partial charge is 0.481 e. The molecule has 1 rings (SSSR count). The van der Waals surface area contributed by atoms with E-state index in [1.54, 1.807) is 6.07 Å². The summed E-state index contributed by atoms with van der Waals surface area (Å²) in [6, 6.07) is 1.55. The summed E-state index contributed by atoms with van der Waals surface area (Å²) >= 11 is 0. The maximum atomic E-state index is 10.4. The summed E-state index contributed by atoms with van der Waals surface area (Å²) in [5, 5.41) is 8.53. The molecule has 5 heteroatoms. The number of carbonyl (C=O) groups is 1. The zero-order chi connectivity index (χ0) is 10.4. The van der Waals surface area contributed by atoms with Crippen LogP contribution in [0.2, 0.25) is 0 Å². The Morgan fingerprint density at radius 1 is 1.57 bits per heavy atom. The molecule has 0 amide bonds. The monoisotopic (exact) mass is 196 g/mol. The summed E-state index contributed by atoms with van der Waals surface area (Å²) in [5.41, 5.74) is 0.457. The maximum Gasteiger partial charge on any atom is 0.309 e. The van der Waals surface area contributed by atoms with Gasteiger partial charge in [-0.3, -0.25) is 4.79 Å². The van der Waals surface area contributed by atoms with E-state index in [4.69, 9.17) is 9.84 Å². The van der Waals surface area contributed by atoms with E-state index in [0.717, 1.165) is 6.42 Å². The van der Waals surface area contributed by atoms with Crippen molar-refractivity contribution in [3.8, 4) is 5.88 Å². The molecule has 0 fully saturated rings. The fourth-order valence-corrected chi connectivity index (χ4v) is 0.914. The minimum Gasteiger partial charge on any atom is -0.481 e. The van der Waals surface area contributed by atoms with E-state index in [1.165, 1.54) is 6.33 Å². The molecule has 1 aromatic rings. The van der Waals surface area contributed by atoms with Crippen LogP contribution in [0.15, 0.2) is 12.4 Å². The molecule has 0 spiro atoms. The van der Waals surface area contributed by atoms with Crippen molar-refractivity contribution >= 4 is 5.97 Å². The highest BCUT2D eigenvalue weighted by molar-refractivity contribution is 5.69. The van der Waals surface area contributed by atoms with Crippen molar-refractivity contribution in [2.75, 3.05) is 6.61 Å². The Balaban J connectivity index is 2.63. The second-order valence-electron chi connectivity index (χ2n) is 2.77. The van der Waals surface area contributed by atoms with Crippen LogP contribution in [0.4, 0.5) is 0 Å². The Kier molecular flexibility index (Phi) is 3.84. The Morgan fingerprint density at radius 2 is 2.36 bits per heavy atom. The lowest BCUT2D eigenvalue weighted by Crippen LogP contribution is -2.04. The van der Waals surface area contributed by atoms with Gasteiger partial charge in [0.2, 0.25) is 5.88 Å². The van der Waals surface area contributed by atoms with Gasteiger partial charge in [-0.15, -0.1) is 0 Å². The van der Waals surface area contributed by atoms with Crippen LogP contribution >= 0.6 is 0 Å². The Labute approximate surface area is 81.8 Å². The molecule has 1 N–H and O–H groups in total. The molecule has 0 aliphatic carbocycles. The van der Waals surface area contributed by atoms with Crippen LogP contribution in [0.3, 0.4) is 0 Å². The van der Waals surface area contributed by atoms with Gasteiger partial charge in [-0.05, 0) is 6.42 Å². The zero-order valence-electron chi connectivity index (χ0n) is 7.93. The molecule has 0 aromatic carbocycles. The van der Waals surface area contributed by atoms with Crippen molar-refractivity contribution in [2.45, 2.75) is 19.8 Å². The molecule has 76 valence electrons. The predicted octanol–water partition coefficient (Wildman–Crippen LogP) is 0.893. The highest BCUT2D eigenvalue weighted by atomic mass is 16.5. The molecule has 14 heavy (non-hydrogen) atoms. The number of ether oxygens (including phenoxy) is 1. The van der Waals surface area contributed by atoms with Crippen molar-refractivity contribution in [1.29, 1.82) is 0 Å². The average molecular weight is 196 g/mol. The van der Waals surface area contributed by atoms with Crippen LogP contribution in [0.25, 0.3) is 0 Å². The smallest absolute Gasteiger partial charge is 0.309 e. The van der Waals surface area contributed by atoms with Crippen molar-refractivity contribution in [1.82, 2.24) is 9.97 Å². The molecule has 0 atom stereocenters. The number of rotatable bonds is 5. The zero-order valence-corrected chi connectivity index (χ0v) is 7.93. The van der Waals surface area contributed by atoms with Gasteiger partial charge in [0.1, 0.15) is 6.33 Å². The minimum absolute atomic E-state index is 0.106. The summed E-state index contributed by atoms with van der Waals surface area (Å²) in [7, 11) is 0. The first-order valence-corrected chi connectivity index (χ1v) is 4.38. The van der Waals surface area contributed by atoms with E-state index < -0.39 is 5.97 Å². The second-order valence-corrected chi connectivity index (χ2v) is 2.77. The molecular formula is C9H12N2O3. The van der Waals surface area contributed by atoms with E-state index in [1.807, 2.05) is 6.92 Å². The number of hydrogen-bond acceptors (Lipinski definition) is 4. The number of aromatic nitrogens is 2. The van der Waals surface area contributed by atoms with Crippen LogP contribution in [0.1, 0.15) is 19.0 Å². The molecule has 0 saturated heterocycles. The molecule has 1 heterocycles. The lowest BCUT2D eigenvalue weighted by Gasteiger charge is -2.03.